The first kappa shape index (κ1) is 19.6. The van der Waals surface area contributed by atoms with Crippen LogP contribution in [-0.2, 0) is 19.6 Å². The van der Waals surface area contributed by atoms with Crippen LogP contribution in [-0.4, -0.2) is 44.3 Å². The number of allylic oxidation sites excluding steroid dienone is 1. The highest BCUT2D eigenvalue weighted by Crippen LogP contribution is 2.41. The average Bonchev–Trinajstić information content (AvgIpc) is 3.06. The van der Waals surface area contributed by atoms with Crippen molar-refractivity contribution in [2.45, 2.75) is 18.7 Å². The summed E-state index contributed by atoms with van der Waals surface area (Å²) in [4.78, 5) is 23.7. The number of rotatable bonds is 5. The Bertz CT molecular complexity index is 863. The molecule has 0 radical (unpaired) electrons. The minimum absolute atomic E-state index is 0.00260. The van der Waals surface area contributed by atoms with Gasteiger partial charge in [0.1, 0.15) is 0 Å². The van der Waals surface area contributed by atoms with Gasteiger partial charge in [-0.05, 0) is 48.9 Å². The molecule has 8 heteroatoms. The Morgan fingerprint density at radius 3 is 2.44 bits per heavy atom. The summed E-state index contributed by atoms with van der Waals surface area (Å²) in [6.07, 6.45) is 3.98. The summed E-state index contributed by atoms with van der Waals surface area (Å²) in [5.74, 6) is -1.35. The lowest BCUT2D eigenvalue weighted by atomic mass is 9.73. The number of nitrogens with zero attached hydrogens (tertiary/aromatic N) is 1. The van der Waals surface area contributed by atoms with E-state index >= 15 is 0 Å². The van der Waals surface area contributed by atoms with Crippen LogP contribution in [0.1, 0.15) is 24.2 Å². The molecule has 2 aliphatic rings. The van der Waals surface area contributed by atoms with Crippen LogP contribution in [0.25, 0.3) is 0 Å². The van der Waals surface area contributed by atoms with Gasteiger partial charge in [0.05, 0.1) is 17.4 Å². The summed E-state index contributed by atoms with van der Waals surface area (Å²) < 4.78 is 32.7. The number of sulfonamides is 1. The summed E-state index contributed by atoms with van der Waals surface area (Å²) in [5.41, 5.74) is 5.46. The second-order valence-electron chi connectivity index (χ2n) is 7.06. The highest BCUT2D eigenvalue weighted by Gasteiger charge is 2.47. The van der Waals surface area contributed by atoms with Gasteiger partial charge in [0.25, 0.3) is 0 Å². The number of hydrogen-bond acceptors (Lipinski definition) is 5. The fourth-order valence-electron chi connectivity index (χ4n) is 3.99. The second kappa shape index (κ2) is 7.44. The van der Waals surface area contributed by atoms with Crippen molar-refractivity contribution in [2.75, 3.05) is 19.7 Å². The van der Waals surface area contributed by atoms with Crippen LogP contribution in [0.4, 0.5) is 0 Å². The second-order valence-corrected chi connectivity index (χ2v) is 9.00. The molecule has 1 heterocycles. The average molecular weight is 392 g/mol. The minimum Gasteiger partial charge on any atom is -0.466 e. The molecule has 27 heavy (non-hydrogen) atoms. The van der Waals surface area contributed by atoms with Gasteiger partial charge in [-0.1, -0.05) is 19.1 Å². The van der Waals surface area contributed by atoms with Gasteiger partial charge in [0, 0.05) is 18.7 Å². The van der Waals surface area contributed by atoms with Crippen LogP contribution in [0.3, 0.4) is 0 Å². The predicted molar refractivity (Wildman–Crippen MR) is 99.1 cm³/mol. The maximum atomic E-state index is 13.0. The van der Waals surface area contributed by atoms with E-state index in [1.54, 1.807) is 6.92 Å². The van der Waals surface area contributed by atoms with E-state index in [0.29, 0.717) is 13.2 Å². The van der Waals surface area contributed by atoms with Crippen LogP contribution in [0, 0.1) is 23.7 Å². The number of primary amides is 1. The molecular formula is C19H24N2O5S. The number of hydrogen-bond donors (Lipinski definition) is 1. The van der Waals surface area contributed by atoms with Gasteiger partial charge in [-0.15, -0.1) is 0 Å². The lowest BCUT2D eigenvalue weighted by Gasteiger charge is -2.32. The van der Waals surface area contributed by atoms with Crippen molar-refractivity contribution in [3.63, 3.8) is 0 Å². The van der Waals surface area contributed by atoms with Gasteiger partial charge in [0.15, 0.2) is 0 Å². The van der Waals surface area contributed by atoms with Crippen molar-refractivity contribution in [1.29, 1.82) is 0 Å². The van der Waals surface area contributed by atoms with E-state index in [-0.39, 0.29) is 46.6 Å². The van der Waals surface area contributed by atoms with E-state index in [9.17, 15) is 18.0 Å². The molecule has 0 spiro atoms. The Balaban J connectivity index is 1.84. The van der Waals surface area contributed by atoms with Crippen molar-refractivity contribution in [3.05, 3.63) is 42.0 Å². The van der Waals surface area contributed by atoms with Crippen molar-refractivity contribution in [3.8, 4) is 0 Å². The molecule has 7 nitrogen and oxygen atoms in total. The molecule has 1 saturated heterocycles. The van der Waals surface area contributed by atoms with Crippen molar-refractivity contribution in [2.24, 2.45) is 29.4 Å². The van der Waals surface area contributed by atoms with Crippen molar-refractivity contribution >= 4 is 21.9 Å². The van der Waals surface area contributed by atoms with Crippen molar-refractivity contribution in [1.82, 2.24) is 4.31 Å². The zero-order valence-corrected chi connectivity index (χ0v) is 16.2. The Hall–Kier alpha value is -2.19. The third-order valence-electron chi connectivity index (χ3n) is 5.40. The number of carbonyl (C=O) groups is 2. The largest absolute Gasteiger partial charge is 0.466 e. The van der Waals surface area contributed by atoms with Crippen LogP contribution in [0.15, 0.2) is 41.3 Å². The number of esters is 1. The molecule has 0 bridgehead atoms. The quantitative estimate of drug-likeness (QED) is 0.602. The summed E-state index contributed by atoms with van der Waals surface area (Å²) in [5, 5.41) is 0. The minimum atomic E-state index is -3.72. The number of fused-ring (bicyclic) bond motifs is 1. The molecule has 1 aromatic rings. The standard InChI is InChI=1S/C19H24N2O5S/c1-3-26-19(23)17-12(2)4-5-14-10-21(11-16(14)17)27(24,25)15-8-6-13(7-9-15)18(20)22/h4-9,12,14,16-17H,3,10-11H2,1-2H3,(H2,20,22)/t12-,14-,16-,17-/m0/s1. The highest BCUT2D eigenvalue weighted by atomic mass is 32.2. The third kappa shape index (κ3) is 3.64. The van der Waals surface area contributed by atoms with Gasteiger partial charge in [-0.25, -0.2) is 8.42 Å². The summed E-state index contributed by atoms with van der Waals surface area (Å²) in [6, 6.07) is 5.58. The monoisotopic (exact) mass is 392 g/mol. The zero-order valence-electron chi connectivity index (χ0n) is 15.4. The van der Waals surface area contributed by atoms with E-state index in [1.807, 2.05) is 19.1 Å². The molecule has 1 aliphatic carbocycles. The molecule has 2 N–H and O–H groups in total. The molecule has 146 valence electrons. The van der Waals surface area contributed by atoms with E-state index in [4.69, 9.17) is 10.5 Å². The first-order valence-electron chi connectivity index (χ1n) is 9.00. The van der Waals surface area contributed by atoms with Crippen LogP contribution in [0.2, 0.25) is 0 Å². The SMILES string of the molecule is CCOC(=O)[C@@H]1[C@H]2CN(S(=O)(=O)c3ccc(C(N)=O)cc3)C[C@@H]2C=C[C@@H]1C. The molecule has 4 atom stereocenters. The van der Waals surface area contributed by atoms with E-state index in [1.165, 1.54) is 28.6 Å². The van der Waals surface area contributed by atoms with E-state index in [2.05, 4.69) is 0 Å². The number of benzene rings is 1. The first-order valence-corrected chi connectivity index (χ1v) is 10.4. The Kier molecular flexibility index (Phi) is 5.39. The number of amides is 1. The smallest absolute Gasteiger partial charge is 0.309 e. The van der Waals surface area contributed by atoms with Gasteiger partial charge >= 0.3 is 5.97 Å². The normalized spacial score (nSPS) is 27.9. The Morgan fingerprint density at radius 2 is 1.85 bits per heavy atom. The lowest BCUT2D eigenvalue weighted by molar-refractivity contribution is -0.152. The van der Waals surface area contributed by atoms with E-state index in [0.717, 1.165) is 0 Å². The van der Waals surface area contributed by atoms with Gasteiger partial charge in [0.2, 0.25) is 15.9 Å². The number of nitrogens with two attached hydrogens (primary N) is 1. The van der Waals surface area contributed by atoms with Gasteiger partial charge in [-0.3, -0.25) is 9.59 Å². The van der Waals surface area contributed by atoms with Gasteiger partial charge < -0.3 is 10.5 Å². The van der Waals surface area contributed by atoms with Crippen LogP contribution >= 0.6 is 0 Å². The topological polar surface area (TPSA) is 107 Å². The van der Waals surface area contributed by atoms with Crippen LogP contribution in [0.5, 0.6) is 0 Å². The molecule has 1 aromatic carbocycles. The molecule has 1 amide bonds. The summed E-state index contributed by atoms with van der Waals surface area (Å²) >= 11 is 0. The lowest BCUT2D eigenvalue weighted by Crippen LogP contribution is -2.37. The molecule has 0 saturated carbocycles. The van der Waals surface area contributed by atoms with Crippen LogP contribution < -0.4 is 5.73 Å². The first-order chi connectivity index (χ1) is 12.8. The highest BCUT2D eigenvalue weighted by molar-refractivity contribution is 7.89. The van der Waals surface area contributed by atoms with Crippen molar-refractivity contribution < 1.29 is 22.7 Å². The Morgan fingerprint density at radius 1 is 1.19 bits per heavy atom. The summed E-state index contributed by atoms with van der Waals surface area (Å²) in [7, 11) is -3.72. The maximum Gasteiger partial charge on any atom is 0.309 e. The molecule has 3 rings (SSSR count). The predicted octanol–water partition coefficient (Wildman–Crippen LogP) is 1.41. The molecule has 0 unspecified atom stereocenters. The summed E-state index contributed by atoms with van der Waals surface area (Å²) in [6.45, 7) is 4.61. The number of carbonyl (C=O) groups excluding carboxylic acids is 2. The van der Waals surface area contributed by atoms with E-state index < -0.39 is 15.9 Å². The molecule has 1 aliphatic heterocycles. The number of ether oxygens (including phenoxy) is 1. The van der Waals surface area contributed by atoms with Gasteiger partial charge in [-0.2, -0.15) is 4.31 Å². The third-order valence-corrected chi connectivity index (χ3v) is 7.25. The fourth-order valence-corrected chi connectivity index (χ4v) is 5.51. The maximum absolute atomic E-state index is 13.0. The molecular weight excluding hydrogens is 368 g/mol. The Labute approximate surface area is 159 Å². The fraction of sp³-hybridized carbons (Fsp3) is 0.474. The molecule has 0 aromatic heterocycles. The zero-order chi connectivity index (χ0) is 19.8. The molecule has 1 fully saturated rings.